The average Bonchev–Trinajstić information content (AvgIpc) is 3.19. The number of amides is 1. The summed E-state index contributed by atoms with van der Waals surface area (Å²) in [5, 5.41) is 8.03. The maximum atomic E-state index is 12.5. The van der Waals surface area contributed by atoms with Crippen LogP contribution in [0.1, 0.15) is 72.9 Å². The Morgan fingerprint density at radius 1 is 1.20 bits per heavy atom. The quantitative estimate of drug-likeness (QED) is 0.801. The Balaban J connectivity index is 1.28. The van der Waals surface area contributed by atoms with Gasteiger partial charge in [0.2, 0.25) is 5.89 Å². The second kappa shape index (κ2) is 6.98. The standard InChI is InChI=1S/C18H24N4O3/c1-2-3-14-11-15(20-24-14)18(23)22-8-6-12(7-9-22)10-16-19-17(25-21-16)13-4-5-13/h11-13H,2-10H2,1H3. The van der Waals surface area contributed by atoms with Crippen LogP contribution in [0.2, 0.25) is 0 Å². The van der Waals surface area contributed by atoms with Crippen LogP contribution in [0.5, 0.6) is 0 Å². The van der Waals surface area contributed by atoms with Gasteiger partial charge in [0.25, 0.3) is 5.91 Å². The summed E-state index contributed by atoms with van der Waals surface area (Å²) in [6.07, 6.45) is 6.89. The van der Waals surface area contributed by atoms with E-state index in [1.807, 2.05) is 4.90 Å². The third kappa shape index (κ3) is 3.75. The van der Waals surface area contributed by atoms with Crippen LogP contribution in [0.4, 0.5) is 0 Å². The van der Waals surface area contributed by atoms with Gasteiger partial charge in [0.15, 0.2) is 11.5 Å². The van der Waals surface area contributed by atoms with Gasteiger partial charge in [-0.05, 0) is 38.0 Å². The molecule has 0 radical (unpaired) electrons. The lowest BCUT2D eigenvalue weighted by molar-refractivity contribution is 0.0679. The van der Waals surface area contributed by atoms with Crippen LogP contribution in [0.25, 0.3) is 0 Å². The number of rotatable bonds is 6. The SMILES string of the molecule is CCCc1cc(C(=O)N2CCC(Cc3noc(C4CC4)n3)CC2)no1. The van der Waals surface area contributed by atoms with Crippen LogP contribution in [-0.4, -0.2) is 39.2 Å². The van der Waals surface area contributed by atoms with Crippen molar-refractivity contribution in [3.63, 3.8) is 0 Å². The van der Waals surface area contributed by atoms with Crippen molar-refractivity contribution in [2.45, 2.75) is 57.8 Å². The molecule has 7 nitrogen and oxygen atoms in total. The molecule has 25 heavy (non-hydrogen) atoms. The number of hydrogen-bond donors (Lipinski definition) is 0. The Kier molecular flexibility index (Phi) is 4.55. The van der Waals surface area contributed by atoms with Crippen LogP contribution >= 0.6 is 0 Å². The minimum atomic E-state index is -0.0277. The van der Waals surface area contributed by atoms with Crippen LogP contribution in [0.3, 0.4) is 0 Å². The Morgan fingerprint density at radius 2 is 2.00 bits per heavy atom. The largest absolute Gasteiger partial charge is 0.361 e. The Labute approximate surface area is 146 Å². The molecule has 0 bridgehead atoms. The third-order valence-electron chi connectivity index (χ3n) is 5.06. The van der Waals surface area contributed by atoms with Crippen molar-refractivity contribution in [2.24, 2.45) is 5.92 Å². The van der Waals surface area contributed by atoms with E-state index in [1.54, 1.807) is 6.07 Å². The molecule has 1 saturated carbocycles. The number of nitrogens with zero attached hydrogens (tertiary/aromatic N) is 4. The molecule has 1 aliphatic carbocycles. The van der Waals surface area contributed by atoms with Crippen molar-refractivity contribution in [1.29, 1.82) is 0 Å². The highest BCUT2D eigenvalue weighted by molar-refractivity contribution is 5.92. The third-order valence-corrected chi connectivity index (χ3v) is 5.06. The molecule has 3 heterocycles. The Morgan fingerprint density at radius 3 is 2.72 bits per heavy atom. The summed E-state index contributed by atoms with van der Waals surface area (Å²) < 4.78 is 10.5. The van der Waals surface area contributed by atoms with Crippen molar-refractivity contribution in [1.82, 2.24) is 20.2 Å². The summed E-state index contributed by atoms with van der Waals surface area (Å²) in [4.78, 5) is 18.9. The molecule has 2 fully saturated rings. The molecule has 134 valence electrons. The number of carbonyl (C=O) groups is 1. The molecule has 0 unspecified atom stereocenters. The predicted molar refractivity (Wildman–Crippen MR) is 89.1 cm³/mol. The highest BCUT2D eigenvalue weighted by atomic mass is 16.5. The molecule has 0 atom stereocenters. The van der Waals surface area contributed by atoms with Crippen molar-refractivity contribution in [3.8, 4) is 0 Å². The van der Waals surface area contributed by atoms with Gasteiger partial charge in [0, 0.05) is 37.9 Å². The van der Waals surface area contributed by atoms with E-state index < -0.39 is 0 Å². The normalized spacial score (nSPS) is 18.7. The molecule has 1 aliphatic heterocycles. The molecule has 0 N–H and O–H groups in total. The first-order valence-electron chi connectivity index (χ1n) is 9.30. The van der Waals surface area contributed by atoms with Gasteiger partial charge in [0.1, 0.15) is 5.76 Å². The maximum Gasteiger partial charge on any atom is 0.276 e. The van der Waals surface area contributed by atoms with E-state index >= 15 is 0 Å². The summed E-state index contributed by atoms with van der Waals surface area (Å²) in [6.45, 7) is 3.56. The first-order valence-corrected chi connectivity index (χ1v) is 9.30. The Bertz CT molecular complexity index is 726. The topological polar surface area (TPSA) is 85.3 Å². The van der Waals surface area contributed by atoms with E-state index in [0.717, 1.165) is 62.7 Å². The van der Waals surface area contributed by atoms with Crippen LogP contribution in [-0.2, 0) is 12.8 Å². The molecular weight excluding hydrogens is 320 g/mol. The molecular formula is C18H24N4O3. The Hall–Kier alpha value is -2.18. The van der Waals surface area contributed by atoms with Crippen molar-refractivity contribution in [2.75, 3.05) is 13.1 Å². The fourth-order valence-corrected chi connectivity index (χ4v) is 3.38. The lowest BCUT2D eigenvalue weighted by atomic mass is 9.93. The second-order valence-electron chi connectivity index (χ2n) is 7.19. The molecule has 2 aromatic rings. The van der Waals surface area contributed by atoms with Gasteiger partial charge in [-0.15, -0.1) is 0 Å². The number of carbonyl (C=O) groups excluding carboxylic acids is 1. The molecule has 0 aromatic carbocycles. The fraction of sp³-hybridized carbons (Fsp3) is 0.667. The van der Waals surface area contributed by atoms with Crippen molar-refractivity contribution >= 4 is 5.91 Å². The zero-order valence-corrected chi connectivity index (χ0v) is 14.6. The van der Waals surface area contributed by atoms with E-state index in [0.29, 0.717) is 17.5 Å². The molecule has 2 aromatic heterocycles. The average molecular weight is 344 g/mol. The summed E-state index contributed by atoms with van der Waals surface area (Å²) in [5.41, 5.74) is 0.425. The van der Waals surface area contributed by atoms with E-state index in [1.165, 1.54) is 12.8 Å². The van der Waals surface area contributed by atoms with Gasteiger partial charge in [-0.1, -0.05) is 17.2 Å². The fourth-order valence-electron chi connectivity index (χ4n) is 3.38. The van der Waals surface area contributed by atoms with Gasteiger partial charge < -0.3 is 13.9 Å². The summed E-state index contributed by atoms with van der Waals surface area (Å²) in [6, 6.07) is 1.77. The zero-order valence-electron chi connectivity index (χ0n) is 14.6. The summed E-state index contributed by atoms with van der Waals surface area (Å²) >= 11 is 0. The molecule has 1 saturated heterocycles. The predicted octanol–water partition coefficient (Wildman–Crippen LogP) is 2.98. The van der Waals surface area contributed by atoms with Crippen molar-refractivity contribution in [3.05, 3.63) is 29.2 Å². The van der Waals surface area contributed by atoms with Crippen LogP contribution < -0.4 is 0 Å². The van der Waals surface area contributed by atoms with E-state index in [-0.39, 0.29) is 5.91 Å². The maximum absolute atomic E-state index is 12.5. The molecule has 0 spiro atoms. The minimum absolute atomic E-state index is 0.0277. The van der Waals surface area contributed by atoms with Gasteiger partial charge in [-0.3, -0.25) is 4.79 Å². The van der Waals surface area contributed by atoms with Gasteiger partial charge in [-0.25, -0.2) is 0 Å². The molecule has 7 heteroatoms. The lowest BCUT2D eigenvalue weighted by Gasteiger charge is -2.30. The van der Waals surface area contributed by atoms with Crippen LogP contribution in [0.15, 0.2) is 15.1 Å². The summed E-state index contributed by atoms with van der Waals surface area (Å²) in [5.74, 6) is 3.37. The number of aryl methyl sites for hydroxylation is 1. The van der Waals surface area contributed by atoms with Gasteiger partial charge >= 0.3 is 0 Å². The zero-order chi connectivity index (χ0) is 17.2. The first-order chi connectivity index (χ1) is 12.2. The number of hydrogen-bond acceptors (Lipinski definition) is 6. The number of aromatic nitrogens is 3. The van der Waals surface area contributed by atoms with E-state index in [9.17, 15) is 4.79 Å². The first kappa shape index (κ1) is 16.3. The highest BCUT2D eigenvalue weighted by Crippen LogP contribution is 2.39. The lowest BCUT2D eigenvalue weighted by Crippen LogP contribution is -2.39. The van der Waals surface area contributed by atoms with Gasteiger partial charge in [0.05, 0.1) is 0 Å². The summed E-state index contributed by atoms with van der Waals surface area (Å²) in [7, 11) is 0. The molecule has 4 rings (SSSR count). The van der Waals surface area contributed by atoms with E-state index in [2.05, 4.69) is 22.2 Å². The number of piperidine rings is 1. The minimum Gasteiger partial charge on any atom is -0.361 e. The highest BCUT2D eigenvalue weighted by Gasteiger charge is 2.31. The van der Waals surface area contributed by atoms with Gasteiger partial charge in [-0.2, -0.15) is 4.98 Å². The number of likely N-dealkylation sites (tertiary alicyclic amines) is 1. The smallest absolute Gasteiger partial charge is 0.276 e. The van der Waals surface area contributed by atoms with E-state index in [4.69, 9.17) is 9.05 Å². The molecule has 1 amide bonds. The second-order valence-corrected chi connectivity index (χ2v) is 7.19. The van der Waals surface area contributed by atoms with Crippen molar-refractivity contribution < 1.29 is 13.8 Å². The monoisotopic (exact) mass is 344 g/mol. The molecule has 2 aliphatic rings. The van der Waals surface area contributed by atoms with Crippen LogP contribution in [0, 0.1) is 5.92 Å².